The van der Waals surface area contributed by atoms with Crippen molar-refractivity contribution in [3.8, 4) is 0 Å². The Balaban J connectivity index is 1.90. The zero-order valence-corrected chi connectivity index (χ0v) is 12.3. The number of hydrogen-bond donors (Lipinski definition) is 2. The highest BCUT2D eigenvalue weighted by Gasteiger charge is 2.12. The summed E-state index contributed by atoms with van der Waals surface area (Å²) in [5, 5.41) is 9.34. The molecule has 1 aromatic heterocycles. The van der Waals surface area contributed by atoms with Crippen LogP contribution >= 0.6 is 11.6 Å². The molecule has 1 aromatic carbocycles. The molecular formula is C14H14ClN3O3. The van der Waals surface area contributed by atoms with Crippen molar-refractivity contribution in [2.45, 2.75) is 20.3 Å². The molecule has 2 amide bonds. The third-order valence-electron chi connectivity index (χ3n) is 2.68. The van der Waals surface area contributed by atoms with Gasteiger partial charge in [0.25, 0.3) is 0 Å². The van der Waals surface area contributed by atoms with E-state index in [1.165, 1.54) is 0 Å². The Morgan fingerprint density at radius 1 is 1.19 bits per heavy atom. The standard InChI is InChI=1S/C14H14ClN3O3/c1-8-5-10(15)3-4-11(8)16-13(19)7-14(20)17-12-6-9(2)21-18-12/h3-6H,7H2,1-2H3,(H,16,19)(H,17,18,20). The number of carbonyl (C=O) groups excluding carboxylic acids is 2. The first-order chi connectivity index (χ1) is 9.94. The second kappa shape index (κ2) is 6.41. The van der Waals surface area contributed by atoms with Gasteiger partial charge in [0, 0.05) is 16.8 Å². The number of benzene rings is 1. The van der Waals surface area contributed by atoms with Gasteiger partial charge < -0.3 is 15.2 Å². The number of aromatic nitrogens is 1. The van der Waals surface area contributed by atoms with Crippen LogP contribution in [0.25, 0.3) is 0 Å². The number of anilines is 2. The molecule has 0 aliphatic carbocycles. The van der Waals surface area contributed by atoms with E-state index in [4.69, 9.17) is 16.1 Å². The highest BCUT2D eigenvalue weighted by molar-refractivity contribution is 6.30. The van der Waals surface area contributed by atoms with Gasteiger partial charge in [-0.1, -0.05) is 16.8 Å². The van der Waals surface area contributed by atoms with Crippen molar-refractivity contribution in [1.29, 1.82) is 0 Å². The van der Waals surface area contributed by atoms with Crippen molar-refractivity contribution >= 4 is 34.9 Å². The van der Waals surface area contributed by atoms with Gasteiger partial charge in [0.15, 0.2) is 5.82 Å². The molecule has 0 aliphatic heterocycles. The fourth-order valence-corrected chi connectivity index (χ4v) is 1.95. The SMILES string of the molecule is Cc1cc(NC(=O)CC(=O)Nc2ccc(Cl)cc2C)no1. The molecule has 6 nitrogen and oxygen atoms in total. The van der Waals surface area contributed by atoms with Crippen LogP contribution in [0.1, 0.15) is 17.7 Å². The Kier molecular flexibility index (Phi) is 4.59. The second-order valence-electron chi connectivity index (χ2n) is 4.56. The molecule has 2 rings (SSSR count). The van der Waals surface area contributed by atoms with Crippen LogP contribution in [-0.2, 0) is 9.59 Å². The Hall–Kier alpha value is -2.34. The summed E-state index contributed by atoms with van der Waals surface area (Å²) in [6, 6.07) is 6.66. The molecule has 0 saturated heterocycles. The minimum atomic E-state index is -0.465. The van der Waals surface area contributed by atoms with Crippen LogP contribution in [-0.4, -0.2) is 17.0 Å². The summed E-state index contributed by atoms with van der Waals surface area (Å²) in [5.41, 5.74) is 1.44. The highest BCUT2D eigenvalue weighted by Crippen LogP contribution is 2.19. The van der Waals surface area contributed by atoms with Crippen LogP contribution in [0.15, 0.2) is 28.8 Å². The van der Waals surface area contributed by atoms with Gasteiger partial charge in [-0.25, -0.2) is 0 Å². The second-order valence-corrected chi connectivity index (χ2v) is 4.99. The molecule has 7 heteroatoms. The Morgan fingerprint density at radius 3 is 2.52 bits per heavy atom. The van der Waals surface area contributed by atoms with Gasteiger partial charge in [0.05, 0.1) is 0 Å². The van der Waals surface area contributed by atoms with Crippen molar-refractivity contribution in [1.82, 2.24) is 5.16 Å². The topological polar surface area (TPSA) is 84.2 Å². The van der Waals surface area contributed by atoms with Gasteiger partial charge in [0.1, 0.15) is 12.2 Å². The fraction of sp³-hybridized carbons (Fsp3) is 0.214. The predicted octanol–water partition coefficient (Wildman–Crippen LogP) is 2.91. The van der Waals surface area contributed by atoms with Gasteiger partial charge >= 0.3 is 0 Å². The van der Waals surface area contributed by atoms with Gasteiger partial charge in [-0.2, -0.15) is 0 Å². The molecule has 0 bridgehead atoms. The lowest BCUT2D eigenvalue weighted by Gasteiger charge is -2.08. The summed E-state index contributed by atoms with van der Waals surface area (Å²) in [6.45, 7) is 3.53. The van der Waals surface area contributed by atoms with Crippen molar-refractivity contribution in [2.75, 3.05) is 10.6 Å². The molecule has 0 spiro atoms. The van der Waals surface area contributed by atoms with E-state index in [-0.39, 0.29) is 12.2 Å². The maximum atomic E-state index is 11.8. The van der Waals surface area contributed by atoms with Crippen molar-refractivity contribution in [3.05, 3.63) is 40.6 Å². The Morgan fingerprint density at radius 2 is 1.90 bits per heavy atom. The number of nitrogens with one attached hydrogen (secondary N) is 2. The Labute approximate surface area is 126 Å². The molecule has 21 heavy (non-hydrogen) atoms. The molecule has 0 saturated carbocycles. The molecule has 0 atom stereocenters. The molecule has 0 unspecified atom stereocenters. The van der Waals surface area contributed by atoms with Gasteiger partial charge in [0.2, 0.25) is 11.8 Å². The summed E-state index contributed by atoms with van der Waals surface area (Å²) < 4.78 is 4.82. The lowest BCUT2D eigenvalue weighted by atomic mass is 10.2. The predicted molar refractivity (Wildman–Crippen MR) is 79.3 cm³/mol. The summed E-state index contributed by atoms with van der Waals surface area (Å²) >= 11 is 5.84. The molecule has 110 valence electrons. The number of hydrogen-bond acceptors (Lipinski definition) is 4. The van der Waals surface area contributed by atoms with E-state index in [2.05, 4.69) is 15.8 Å². The Bertz CT molecular complexity index is 682. The maximum absolute atomic E-state index is 11.8. The van der Waals surface area contributed by atoms with Crippen molar-refractivity contribution in [2.24, 2.45) is 0 Å². The quantitative estimate of drug-likeness (QED) is 0.851. The molecule has 2 N–H and O–H groups in total. The van der Waals surface area contributed by atoms with E-state index >= 15 is 0 Å². The first kappa shape index (κ1) is 15.1. The van der Waals surface area contributed by atoms with Gasteiger partial charge in [-0.3, -0.25) is 9.59 Å². The van der Waals surface area contributed by atoms with Gasteiger partial charge in [-0.05, 0) is 37.6 Å². The monoisotopic (exact) mass is 307 g/mol. The van der Waals surface area contributed by atoms with E-state index in [0.29, 0.717) is 16.5 Å². The van der Waals surface area contributed by atoms with Crippen molar-refractivity contribution in [3.63, 3.8) is 0 Å². The van der Waals surface area contributed by atoms with Crippen LogP contribution in [0.3, 0.4) is 0 Å². The van der Waals surface area contributed by atoms with Crippen molar-refractivity contribution < 1.29 is 14.1 Å². The number of halogens is 1. The number of carbonyl (C=O) groups is 2. The van der Waals surface area contributed by atoms with Crippen LogP contribution < -0.4 is 10.6 Å². The van der Waals surface area contributed by atoms with E-state index < -0.39 is 11.8 Å². The fourth-order valence-electron chi connectivity index (χ4n) is 1.72. The number of rotatable bonds is 4. The summed E-state index contributed by atoms with van der Waals surface area (Å²) in [4.78, 5) is 23.5. The third kappa shape index (κ3) is 4.32. The van der Waals surface area contributed by atoms with Crippen LogP contribution in [0.5, 0.6) is 0 Å². The number of aryl methyl sites for hydroxylation is 2. The molecule has 0 aliphatic rings. The summed E-state index contributed by atoms with van der Waals surface area (Å²) in [5.74, 6) is -0.0231. The average molecular weight is 308 g/mol. The summed E-state index contributed by atoms with van der Waals surface area (Å²) in [6.07, 6.45) is -0.312. The smallest absolute Gasteiger partial charge is 0.235 e. The molecular weight excluding hydrogens is 294 g/mol. The van der Waals surface area contributed by atoms with E-state index in [1.54, 1.807) is 31.2 Å². The first-order valence-electron chi connectivity index (χ1n) is 6.23. The molecule has 0 fully saturated rings. The minimum Gasteiger partial charge on any atom is -0.360 e. The average Bonchev–Trinajstić information content (AvgIpc) is 2.78. The lowest BCUT2D eigenvalue weighted by molar-refractivity contribution is -0.123. The molecule has 0 radical (unpaired) electrons. The zero-order valence-electron chi connectivity index (χ0n) is 11.6. The third-order valence-corrected chi connectivity index (χ3v) is 2.91. The minimum absolute atomic E-state index is 0.285. The van der Waals surface area contributed by atoms with Crippen LogP contribution in [0.2, 0.25) is 5.02 Å². The van der Waals surface area contributed by atoms with Gasteiger partial charge in [-0.15, -0.1) is 0 Å². The molecule has 1 heterocycles. The van der Waals surface area contributed by atoms with Crippen LogP contribution in [0, 0.1) is 13.8 Å². The van der Waals surface area contributed by atoms with E-state index in [1.807, 2.05) is 6.92 Å². The summed E-state index contributed by atoms with van der Waals surface area (Å²) in [7, 11) is 0. The van der Waals surface area contributed by atoms with E-state index in [9.17, 15) is 9.59 Å². The number of amides is 2. The lowest BCUT2D eigenvalue weighted by Crippen LogP contribution is -2.21. The number of nitrogens with zero attached hydrogens (tertiary/aromatic N) is 1. The zero-order chi connectivity index (χ0) is 15.4. The van der Waals surface area contributed by atoms with Crippen LogP contribution in [0.4, 0.5) is 11.5 Å². The highest BCUT2D eigenvalue weighted by atomic mass is 35.5. The largest absolute Gasteiger partial charge is 0.360 e. The first-order valence-corrected chi connectivity index (χ1v) is 6.61. The van der Waals surface area contributed by atoms with E-state index in [0.717, 1.165) is 5.56 Å². The maximum Gasteiger partial charge on any atom is 0.235 e. The normalized spacial score (nSPS) is 10.2. The molecule has 2 aromatic rings.